The minimum atomic E-state index is -0.415. The monoisotopic (exact) mass is 373 g/mol. The zero-order valence-corrected chi connectivity index (χ0v) is 14.6. The van der Waals surface area contributed by atoms with Crippen LogP contribution < -0.4 is 5.32 Å². The van der Waals surface area contributed by atoms with Crippen molar-refractivity contribution < 1.29 is 10.0 Å². The van der Waals surface area contributed by atoms with Crippen LogP contribution in [0.1, 0.15) is 22.8 Å². The quantitative estimate of drug-likeness (QED) is 0.385. The maximum Gasteiger partial charge on any atom is 0.258 e. The average molecular weight is 374 g/mol. The molecule has 0 aliphatic rings. The fourth-order valence-corrected chi connectivity index (χ4v) is 2.99. The van der Waals surface area contributed by atoms with Crippen molar-refractivity contribution in [2.75, 3.05) is 5.32 Å². The third kappa shape index (κ3) is 3.43. The Labute approximate surface area is 153 Å². The minimum absolute atomic E-state index is 0.211. The molecule has 2 aromatic carbocycles. The highest BCUT2D eigenvalue weighted by atomic mass is 35.5. The topological polar surface area (TPSA) is 74.6 Å². The van der Waals surface area contributed by atoms with Gasteiger partial charge in [-0.1, -0.05) is 46.6 Å². The van der Waals surface area contributed by atoms with Gasteiger partial charge in [-0.05, 0) is 31.2 Å². The lowest BCUT2D eigenvalue weighted by Gasteiger charge is -2.11. The second-order valence-corrected chi connectivity index (χ2v) is 6.15. The van der Waals surface area contributed by atoms with E-state index in [0.29, 0.717) is 22.5 Å². The van der Waals surface area contributed by atoms with E-state index in [1.165, 1.54) is 0 Å². The van der Waals surface area contributed by atoms with Gasteiger partial charge in [0.25, 0.3) is 5.91 Å². The molecular weight excluding hydrogens is 361 g/mol. The Kier molecular flexibility index (Phi) is 4.88. The molecule has 3 aromatic rings. The summed E-state index contributed by atoms with van der Waals surface area (Å²) in [5.74, 6) is -0.415. The lowest BCUT2D eigenvalue weighted by Crippen LogP contribution is -2.13. The average Bonchev–Trinajstić information content (AvgIpc) is 2.60. The Balaban J connectivity index is 2.01. The van der Waals surface area contributed by atoms with E-state index < -0.39 is 5.91 Å². The van der Waals surface area contributed by atoms with E-state index in [4.69, 9.17) is 28.4 Å². The molecule has 3 rings (SSSR count). The first kappa shape index (κ1) is 17.2. The number of halogens is 2. The summed E-state index contributed by atoms with van der Waals surface area (Å²) in [6.07, 6.45) is 1.58. The predicted molar refractivity (Wildman–Crippen MR) is 100 cm³/mol. The zero-order chi connectivity index (χ0) is 18.0. The number of nitrogens with zero attached hydrogens (tertiary/aromatic N) is 2. The number of para-hydroxylation sites is 1. The molecule has 2 N–H and O–H groups in total. The Morgan fingerprint density at radius 1 is 1.16 bits per heavy atom. The number of carbonyl (C=O) groups excluding carboxylic acids is 1. The molecule has 0 aliphatic carbocycles. The van der Waals surface area contributed by atoms with E-state index in [1.807, 2.05) is 12.1 Å². The van der Waals surface area contributed by atoms with E-state index in [9.17, 15) is 4.79 Å². The molecule has 0 bridgehead atoms. The van der Waals surface area contributed by atoms with Crippen LogP contribution in [0.2, 0.25) is 10.0 Å². The predicted octanol–water partition coefficient (Wildman–Crippen LogP) is 4.99. The molecule has 126 valence electrons. The second kappa shape index (κ2) is 7.09. The van der Waals surface area contributed by atoms with Gasteiger partial charge in [-0.3, -0.25) is 9.78 Å². The third-order valence-corrected chi connectivity index (χ3v) is 4.35. The molecule has 25 heavy (non-hydrogen) atoms. The van der Waals surface area contributed by atoms with Crippen LogP contribution in [0.5, 0.6) is 0 Å². The summed E-state index contributed by atoms with van der Waals surface area (Å²) in [6.45, 7) is 1.67. The van der Waals surface area contributed by atoms with Gasteiger partial charge in [0.15, 0.2) is 0 Å². The number of oxime groups is 1. The molecule has 1 heterocycles. The molecule has 0 atom stereocenters. The van der Waals surface area contributed by atoms with Crippen LogP contribution in [0.3, 0.4) is 0 Å². The van der Waals surface area contributed by atoms with Gasteiger partial charge in [-0.2, -0.15) is 0 Å². The van der Waals surface area contributed by atoms with Gasteiger partial charge in [0.05, 0.1) is 32.5 Å². The van der Waals surface area contributed by atoms with E-state index in [2.05, 4.69) is 15.5 Å². The molecule has 0 saturated heterocycles. The first-order chi connectivity index (χ1) is 12.0. The molecule has 0 radical (unpaired) electrons. The van der Waals surface area contributed by atoms with Crippen molar-refractivity contribution in [2.45, 2.75) is 6.92 Å². The number of carbonyl (C=O) groups is 1. The van der Waals surface area contributed by atoms with Crippen LogP contribution in [0.15, 0.2) is 53.8 Å². The highest BCUT2D eigenvalue weighted by Gasteiger charge is 2.16. The van der Waals surface area contributed by atoms with Crippen molar-refractivity contribution in [1.82, 2.24) is 4.98 Å². The highest BCUT2D eigenvalue weighted by Crippen LogP contribution is 2.27. The van der Waals surface area contributed by atoms with Gasteiger partial charge in [0.1, 0.15) is 0 Å². The first-order valence-corrected chi connectivity index (χ1v) is 8.10. The molecule has 0 aliphatic heterocycles. The van der Waals surface area contributed by atoms with Gasteiger partial charge >= 0.3 is 0 Å². The summed E-state index contributed by atoms with van der Waals surface area (Å²) in [5, 5.41) is 16.2. The van der Waals surface area contributed by atoms with Crippen LogP contribution in [-0.2, 0) is 0 Å². The summed E-state index contributed by atoms with van der Waals surface area (Å²) in [5.41, 5.74) is 2.49. The summed E-state index contributed by atoms with van der Waals surface area (Å²) < 4.78 is 0. The largest absolute Gasteiger partial charge is 0.411 e. The zero-order valence-electron chi connectivity index (χ0n) is 13.1. The SMILES string of the molecule is CC(=NO)c1cnc2c(NC(=O)c3c(Cl)cccc3Cl)cccc2c1. The number of amides is 1. The van der Waals surface area contributed by atoms with Crippen molar-refractivity contribution in [1.29, 1.82) is 0 Å². The highest BCUT2D eigenvalue weighted by molar-refractivity contribution is 6.40. The standard InChI is InChI=1S/C18H13Cl2N3O2/c1-10(23-25)12-8-11-4-2-7-15(17(11)21-9-12)22-18(24)16-13(19)5-3-6-14(16)20/h2-9,25H,1H3,(H,22,24). The minimum Gasteiger partial charge on any atom is -0.411 e. The van der Waals surface area contributed by atoms with Gasteiger partial charge in [0, 0.05) is 17.1 Å². The molecule has 1 amide bonds. The van der Waals surface area contributed by atoms with Crippen LogP contribution in [0.25, 0.3) is 10.9 Å². The van der Waals surface area contributed by atoms with E-state index >= 15 is 0 Å². The van der Waals surface area contributed by atoms with Crippen LogP contribution in [0.4, 0.5) is 5.69 Å². The molecule has 0 unspecified atom stereocenters. The lowest BCUT2D eigenvalue weighted by atomic mass is 10.1. The van der Waals surface area contributed by atoms with Crippen molar-refractivity contribution in [3.8, 4) is 0 Å². The van der Waals surface area contributed by atoms with Gasteiger partial charge in [0.2, 0.25) is 0 Å². The summed E-state index contributed by atoms with van der Waals surface area (Å²) >= 11 is 12.2. The second-order valence-electron chi connectivity index (χ2n) is 5.34. The third-order valence-electron chi connectivity index (χ3n) is 3.72. The summed E-state index contributed by atoms with van der Waals surface area (Å²) in [4.78, 5) is 16.9. The van der Waals surface area contributed by atoms with E-state index in [-0.39, 0.29) is 15.6 Å². The molecule has 0 saturated carbocycles. The van der Waals surface area contributed by atoms with Crippen LogP contribution in [0, 0.1) is 0 Å². The summed E-state index contributed by atoms with van der Waals surface area (Å²) in [6, 6.07) is 12.1. The number of rotatable bonds is 3. The molecule has 0 fully saturated rings. The number of hydrogen-bond acceptors (Lipinski definition) is 4. The smallest absolute Gasteiger partial charge is 0.258 e. The molecule has 1 aromatic heterocycles. The molecular formula is C18H13Cl2N3O2. The van der Waals surface area contributed by atoms with Crippen molar-refractivity contribution in [2.24, 2.45) is 5.16 Å². The Morgan fingerprint density at radius 2 is 1.84 bits per heavy atom. The van der Waals surface area contributed by atoms with Gasteiger partial charge in [-0.25, -0.2) is 0 Å². The van der Waals surface area contributed by atoms with Gasteiger partial charge < -0.3 is 10.5 Å². The van der Waals surface area contributed by atoms with E-state index in [1.54, 1.807) is 43.5 Å². The Morgan fingerprint density at radius 3 is 2.52 bits per heavy atom. The number of fused-ring (bicyclic) bond motifs is 1. The van der Waals surface area contributed by atoms with Crippen molar-refractivity contribution in [3.63, 3.8) is 0 Å². The molecule has 5 nitrogen and oxygen atoms in total. The molecule has 7 heteroatoms. The normalized spacial score (nSPS) is 11.6. The maximum atomic E-state index is 12.6. The van der Waals surface area contributed by atoms with Crippen molar-refractivity contribution >= 4 is 51.4 Å². The number of pyridine rings is 1. The first-order valence-electron chi connectivity index (χ1n) is 7.34. The fourth-order valence-electron chi connectivity index (χ4n) is 2.42. The van der Waals surface area contributed by atoms with Crippen LogP contribution in [-0.4, -0.2) is 21.8 Å². The Bertz CT molecular complexity index is 983. The fraction of sp³-hybridized carbons (Fsp3) is 0.0556. The maximum absolute atomic E-state index is 12.6. The number of anilines is 1. The number of hydrogen-bond donors (Lipinski definition) is 2. The number of nitrogens with one attached hydrogen (secondary N) is 1. The van der Waals surface area contributed by atoms with E-state index in [0.717, 1.165) is 5.39 Å². The number of aromatic nitrogens is 1. The van der Waals surface area contributed by atoms with Gasteiger partial charge in [-0.15, -0.1) is 0 Å². The number of benzene rings is 2. The lowest BCUT2D eigenvalue weighted by molar-refractivity contribution is 0.102. The molecule has 0 spiro atoms. The Hall–Kier alpha value is -2.63. The van der Waals surface area contributed by atoms with Crippen LogP contribution >= 0.6 is 23.2 Å². The van der Waals surface area contributed by atoms with Crippen molar-refractivity contribution in [3.05, 3.63) is 69.8 Å². The summed E-state index contributed by atoms with van der Waals surface area (Å²) in [7, 11) is 0.